The third-order valence-corrected chi connectivity index (χ3v) is 4.24. The lowest BCUT2D eigenvalue weighted by Gasteiger charge is -2.15. The van der Waals surface area contributed by atoms with Crippen LogP contribution in [-0.4, -0.2) is 34.6 Å². The summed E-state index contributed by atoms with van der Waals surface area (Å²) in [5, 5.41) is 6.24. The number of fused-ring (bicyclic) bond motifs is 1. The first-order valence-corrected chi connectivity index (χ1v) is 8.80. The van der Waals surface area contributed by atoms with Gasteiger partial charge in [0.1, 0.15) is 17.1 Å². The van der Waals surface area contributed by atoms with E-state index >= 15 is 0 Å². The van der Waals surface area contributed by atoms with Crippen LogP contribution in [0.4, 0.5) is 22.1 Å². The Labute approximate surface area is 166 Å². The Balaban J connectivity index is 1.87. The van der Waals surface area contributed by atoms with Gasteiger partial charge in [-0.3, -0.25) is 0 Å². The number of urea groups is 1. The summed E-state index contributed by atoms with van der Waals surface area (Å²) in [4.78, 5) is 25.0. The lowest BCUT2D eigenvalue weighted by molar-refractivity contribution is 0.250. The fourth-order valence-electron chi connectivity index (χ4n) is 2.29. The molecular weight excluding hydrogens is 388 g/mol. The van der Waals surface area contributed by atoms with Crippen LogP contribution in [0.5, 0.6) is 5.75 Å². The first-order chi connectivity index (χ1) is 13.0. The van der Waals surface area contributed by atoms with Gasteiger partial charge in [-0.1, -0.05) is 24.4 Å². The van der Waals surface area contributed by atoms with Crippen molar-refractivity contribution in [2.45, 2.75) is 6.92 Å². The highest BCUT2D eigenvalue weighted by atomic mass is 35.5. The number of hydrogen-bond acceptors (Lipinski definition) is 7. The van der Waals surface area contributed by atoms with Crippen molar-refractivity contribution in [2.75, 3.05) is 23.3 Å². The molecule has 0 unspecified atom stereocenters. The number of halogens is 1. The summed E-state index contributed by atoms with van der Waals surface area (Å²) in [5.74, 6) is 1.41. The number of anilines is 3. The molecule has 0 aliphatic rings. The van der Waals surface area contributed by atoms with E-state index in [-0.39, 0.29) is 6.03 Å². The van der Waals surface area contributed by atoms with Crippen LogP contribution >= 0.6 is 24.4 Å². The molecule has 3 aromatic rings. The number of hydrogen-bond donors (Lipinski definition) is 3. The topological polar surface area (TPSA) is 92.3 Å². The van der Waals surface area contributed by atoms with Gasteiger partial charge in [0.05, 0.1) is 18.3 Å². The molecule has 140 valence electrons. The maximum atomic E-state index is 11.9. The Bertz CT molecular complexity index is 987. The molecule has 0 saturated heterocycles. The molecule has 8 nitrogen and oxygen atoms in total. The molecule has 0 aliphatic carbocycles. The minimum Gasteiger partial charge on any atom is -0.495 e. The summed E-state index contributed by atoms with van der Waals surface area (Å²) in [7, 11) is 1.55. The number of pyridine rings is 1. The third kappa shape index (κ3) is 4.32. The molecule has 0 bridgehead atoms. The molecule has 0 fully saturated rings. The monoisotopic (exact) mass is 404 g/mol. The van der Waals surface area contributed by atoms with Crippen LogP contribution in [0.25, 0.3) is 11.2 Å². The number of aromatic nitrogens is 3. The van der Waals surface area contributed by atoms with Gasteiger partial charge in [-0.2, -0.15) is 0 Å². The summed E-state index contributed by atoms with van der Waals surface area (Å²) in [6.07, 6.45) is 1.59. The smallest absolute Gasteiger partial charge is 0.333 e. The zero-order chi connectivity index (χ0) is 19.4. The number of rotatable bonds is 5. The van der Waals surface area contributed by atoms with Crippen molar-refractivity contribution in [3.8, 4) is 5.75 Å². The quantitative estimate of drug-likeness (QED) is 0.560. The number of carbonyl (C=O) groups is 1. The van der Waals surface area contributed by atoms with Gasteiger partial charge in [-0.15, -0.1) is 0 Å². The zero-order valence-electron chi connectivity index (χ0n) is 14.6. The first kappa shape index (κ1) is 19.0. The van der Waals surface area contributed by atoms with E-state index in [2.05, 4.69) is 38.4 Å². The van der Waals surface area contributed by atoms with Crippen molar-refractivity contribution in [1.82, 2.24) is 20.3 Å². The van der Waals surface area contributed by atoms with Gasteiger partial charge < -0.3 is 15.4 Å². The van der Waals surface area contributed by atoms with Gasteiger partial charge in [0.15, 0.2) is 11.5 Å². The molecule has 0 spiro atoms. The van der Waals surface area contributed by atoms with E-state index in [0.717, 1.165) is 9.99 Å². The largest absolute Gasteiger partial charge is 0.495 e. The Morgan fingerprint density at radius 1 is 1.30 bits per heavy atom. The summed E-state index contributed by atoms with van der Waals surface area (Å²) >= 11 is 10.3. The second-order valence-corrected chi connectivity index (χ2v) is 6.20. The Morgan fingerprint density at radius 2 is 2.11 bits per heavy atom. The molecule has 3 rings (SSSR count). The fraction of sp³-hybridized carbons (Fsp3) is 0.176. The number of amides is 2. The number of methoxy groups -OCH3 is 1. The van der Waals surface area contributed by atoms with E-state index in [0.29, 0.717) is 40.1 Å². The maximum absolute atomic E-state index is 11.9. The number of nitrogens with zero attached hydrogens (tertiary/aromatic N) is 4. The van der Waals surface area contributed by atoms with Gasteiger partial charge in [0.25, 0.3) is 0 Å². The van der Waals surface area contributed by atoms with Gasteiger partial charge in [0.2, 0.25) is 0 Å². The predicted molar refractivity (Wildman–Crippen MR) is 109 cm³/mol. The average Bonchev–Trinajstić information content (AvgIpc) is 2.67. The van der Waals surface area contributed by atoms with Crippen LogP contribution in [0.3, 0.4) is 0 Å². The molecule has 0 aliphatic heterocycles. The molecule has 27 heavy (non-hydrogen) atoms. The Hall–Kier alpha value is -2.78. The van der Waals surface area contributed by atoms with Crippen LogP contribution in [0.2, 0.25) is 5.02 Å². The van der Waals surface area contributed by atoms with Crippen LogP contribution < -0.4 is 19.7 Å². The first-order valence-electron chi connectivity index (χ1n) is 8.03. The van der Waals surface area contributed by atoms with Crippen LogP contribution in [0, 0.1) is 0 Å². The molecule has 2 N–H and O–H groups in total. The highest BCUT2D eigenvalue weighted by molar-refractivity contribution is 7.82. The highest BCUT2D eigenvalue weighted by Gasteiger charge is 2.13. The number of carbonyl (C=O) groups excluding carboxylic acids is 1. The van der Waals surface area contributed by atoms with Crippen LogP contribution in [0.1, 0.15) is 6.92 Å². The van der Waals surface area contributed by atoms with Gasteiger partial charge in [-0.05, 0) is 37.3 Å². The number of benzene rings is 1. The molecule has 0 atom stereocenters. The van der Waals surface area contributed by atoms with Gasteiger partial charge in [0, 0.05) is 12.2 Å². The minimum atomic E-state index is -0.372. The average molecular weight is 405 g/mol. The molecule has 2 amide bonds. The van der Waals surface area contributed by atoms with Crippen molar-refractivity contribution in [3.05, 3.63) is 41.6 Å². The van der Waals surface area contributed by atoms with E-state index in [1.54, 1.807) is 37.6 Å². The molecule has 2 aromatic heterocycles. The standard InChI is InChI=1S/C17H17ClN6O2S/c1-3-19-17(25)24(27)15-7-5-12-16(23-15)22-14(9-20-12)21-10-4-6-13(26-2)11(18)8-10/h4-9,27H,3H2,1-2H3,(H,19,25)(H,21,22,23). The molecule has 0 saturated carbocycles. The van der Waals surface area contributed by atoms with Crippen molar-refractivity contribution in [1.29, 1.82) is 0 Å². The molecule has 2 heterocycles. The van der Waals surface area contributed by atoms with E-state index in [4.69, 9.17) is 16.3 Å². The Morgan fingerprint density at radius 3 is 2.81 bits per heavy atom. The second kappa shape index (κ2) is 8.28. The third-order valence-electron chi connectivity index (χ3n) is 3.55. The van der Waals surface area contributed by atoms with Crippen molar-refractivity contribution in [3.63, 3.8) is 0 Å². The molecule has 1 aromatic carbocycles. The molecule has 10 heteroatoms. The maximum Gasteiger partial charge on any atom is 0.333 e. The normalized spacial score (nSPS) is 10.5. The summed E-state index contributed by atoms with van der Waals surface area (Å²) in [5.41, 5.74) is 1.69. The Kier molecular flexibility index (Phi) is 5.82. The summed E-state index contributed by atoms with van der Waals surface area (Å²) in [6.45, 7) is 2.31. The van der Waals surface area contributed by atoms with E-state index in [1.807, 2.05) is 13.0 Å². The number of thiol groups is 1. The SMILES string of the molecule is CCNC(=O)N(S)c1ccc2ncc(Nc3ccc(OC)c(Cl)c3)nc2n1. The number of ether oxygens (including phenoxy) is 1. The lowest BCUT2D eigenvalue weighted by Crippen LogP contribution is -2.34. The van der Waals surface area contributed by atoms with E-state index in [1.165, 1.54) is 0 Å². The van der Waals surface area contributed by atoms with Gasteiger partial charge >= 0.3 is 6.03 Å². The van der Waals surface area contributed by atoms with Gasteiger partial charge in [-0.25, -0.2) is 24.1 Å². The molecule has 0 radical (unpaired) electrons. The second-order valence-electron chi connectivity index (χ2n) is 5.39. The summed E-state index contributed by atoms with van der Waals surface area (Å²) in [6, 6.07) is 8.28. The van der Waals surface area contributed by atoms with Crippen molar-refractivity contribution < 1.29 is 9.53 Å². The minimum absolute atomic E-state index is 0.343. The van der Waals surface area contributed by atoms with Crippen molar-refractivity contribution >= 4 is 58.9 Å². The fourth-order valence-corrected chi connectivity index (χ4v) is 2.73. The van der Waals surface area contributed by atoms with Crippen molar-refractivity contribution in [2.24, 2.45) is 0 Å². The van der Waals surface area contributed by atoms with Crippen LogP contribution in [0.15, 0.2) is 36.5 Å². The number of nitrogens with one attached hydrogen (secondary N) is 2. The van der Waals surface area contributed by atoms with Crippen LogP contribution in [-0.2, 0) is 0 Å². The summed E-state index contributed by atoms with van der Waals surface area (Å²) < 4.78 is 6.26. The predicted octanol–water partition coefficient (Wildman–Crippen LogP) is 3.81. The highest BCUT2D eigenvalue weighted by Crippen LogP contribution is 2.28. The zero-order valence-corrected chi connectivity index (χ0v) is 16.3. The lowest BCUT2D eigenvalue weighted by atomic mass is 10.3. The van der Waals surface area contributed by atoms with E-state index in [9.17, 15) is 4.79 Å². The van der Waals surface area contributed by atoms with E-state index < -0.39 is 0 Å². The molecular formula is C17H17ClN6O2S.